The summed E-state index contributed by atoms with van der Waals surface area (Å²) < 4.78 is 16.8. The van der Waals surface area contributed by atoms with E-state index in [-0.39, 0.29) is 0 Å². The molecule has 0 aliphatic heterocycles. The lowest BCUT2D eigenvalue weighted by molar-refractivity contribution is 0.0599. The molecule has 29 heavy (non-hydrogen) atoms. The second-order valence-electron chi connectivity index (χ2n) is 6.14. The van der Waals surface area contributed by atoms with Gasteiger partial charge in [-0.15, -0.1) is 0 Å². The Labute approximate surface area is 173 Å². The molecule has 3 aromatic carbocycles. The van der Waals surface area contributed by atoms with E-state index in [1.165, 1.54) is 7.11 Å². The lowest BCUT2D eigenvalue weighted by Gasteiger charge is -2.16. The molecule has 152 valence electrons. The van der Waals surface area contributed by atoms with E-state index in [1.54, 1.807) is 12.1 Å². The standard InChI is InChI=1S/C23H22O4.C2H6/c1-17-21(26-15-18-9-5-3-6-10-18)13-20(23(24)25-2)14-22(17)27-16-19-11-7-4-8-12-19;1-2/h3-14H,15-16H2,1-2H3;1-2H3. The maximum Gasteiger partial charge on any atom is 0.338 e. The highest BCUT2D eigenvalue weighted by atomic mass is 16.5. The average Bonchev–Trinajstić information content (AvgIpc) is 2.79. The normalized spacial score (nSPS) is 9.79. The number of benzene rings is 3. The van der Waals surface area contributed by atoms with E-state index >= 15 is 0 Å². The zero-order valence-corrected chi connectivity index (χ0v) is 17.5. The molecule has 0 aliphatic carbocycles. The molecular weight excluding hydrogens is 364 g/mol. The number of esters is 1. The van der Waals surface area contributed by atoms with Crippen LogP contribution in [0.4, 0.5) is 0 Å². The number of methoxy groups -OCH3 is 1. The highest BCUT2D eigenvalue weighted by Gasteiger charge is 2.15. The van der Waals surface area contributed by atoms with Crippen molar-refractivity contribution < 1.29 is 19.0 Å². The first-order valence-electron chi connectivity index (χ1n) is 9.74. The predicted molar refractivity (Wildman–Crippen MR) is 115 cm³/mol. The van der Waals surface area contributed by atoms with Crippen molar-refractivity contribution in [2.75, 3.05) is 7.11 Å². The first-order chi connectivity index (χ1) is 14.2. The Kier molecular flexibility index (Phi) is 8.77. The summed E-state index contributed by atoms with van der Waals surface area (Å²) in [5.74, 6) is 0.777. The second kappa shape index (κ2) is 11.5. The van der Waals surface area contributed by atoms with Crippen molar-refractivity contribution >= 4 is 5.97 Å². The second-order valence-corrected chi connectivity index (χ2v) is 6.14. The Hall–Kier alpha value is -3.27. The Balaban J connectivity index is 0.00000145. The van der Waals surface area contributed by atoms with Crippen molar-refractivity contribution in [3.05, 3.63) is 95.1 Å². The number of hydrogen-bond acceptors (Lipinski definition) is 4. The maximum absolute atomic E-state index is 12.0. The van der Waals surface area contributed by atoms with Crippen LogP contribution in [0.5, 0.6) is 11.5 Å². The molecule has 0 spiro atoms. The summed E-state index contributed by atoms with van der Waals surface area (Å²) in [5, 5.41) is 0. The largest absolute Gasteiger partial charge is 0.488 e. The van der Waals surface area contributed by atoms with Gasteiger partial charge in [-0.05, 0) is 30.2 Å². The van der Waals surface area contributed by atoms with Crippen molar-refractivity contribution in [2.45, 2.75) is 34.0 Å². The van der Waals surface area contributed by atoms with Gasteiger partial charge in [0.25, 0.3) is 0 Å². The molecule has 0 unspecified atom stereocenters. The van der Waals surface area contributed by atoms with E-state index < -0.39 is 5.97 Å². The third kappa shape index (κ3) is 6.39. The van der Waals surface area contributed by atoms with Gasteiger partial charge in [0.1, 0.15) is 24.7 Å². The molecule has 0 bridgehead atoms. The lowest BCUT2D eigenvalue weighted by Crippen LogP contribution is -2.06. The fourth-order valence-electron chi connectivity index (χ4n) is 2.67. The van der Waals surface area contributed by atoms with Crippen LogP contribution in [0.2, 0.25) is 0 Å². The number of ether oxygens (including phenoxy) is 3. The van der Waals surface area contributed by atoms with Crippen LogP contribution in [0.3, 0.4) is 0 Å². The Morgan fingerprint density at radius 2 is 1.17 bits per heavy atom. The van der Waals surface area contributed by atoms with Gasteiger partial charge in [-0.2, -0.15) is 0 Å². The van der Waals surface area contributed by atoms with Gasteiger partial charge in [0, 0.05) is 5.56 Å². The molecule has 4 heteroatoms. The molecule has 0 heterocycles. The van der Waals surface area contributed by atoms with Gasteiger partial charge in [-0.25, -0.2) is 4.79 Å². The maximum atomic E-state index is 12.0. The average molecular weight is 392 g/mol. The number of rotatable bonds is 7. The highest BCUT2D eigenvalue weighted by molar-refractivity contribution is 5.90. The molecule has 0 fully saturated rings. The zero-order chi connectivity index (χ0) is 21.1. The first kappa shape index (κ1) is 22.0. The van der Waals surface area contributed by atoms with Crippen molar-refractivity contribution in [3.8, 4) is 11.5 Å². The minimum atomic E-state index is -0.427. The molecule has 0 aliphatic rings. The summed E-state index contributed by atoms with van der Waals surface area (Å²) in [7, 11) is 1.36. The Bertz CT molecular complexity index is 825. The molecular formula is C25H28O4. The first-order valence-corrected chi connectivity index (χ1v) is 9.74. The summed E-state index contributed by atoms with van der Waals surface area (Å²) in [6.07, 6.45) is 0. The van der Waals surface area contributed by atoms with E-state index in [0.717, 1.165) is 16.7 Å². The molecule has 0 saturated heterocycles. The summed E-state index contributed by atoms with van der Waals surface area (Å²) in [5.41, 5.74) is 3.34. The van der Waals surface area contributed by atoms with E-state index in [1.807, 2.05) is 81.4 Å². The van der Waals surface area contributed by atoms with Gasteiger partial charge in [-0.3, -0.25) is 0 Å². The minimum absolute atomic E-state index is 0.397. The van der Waals surface area contributed by atoms with E-state index in [9.17, 15) is 4.79 Å². The molecule has 0 radical (unpaired) electrons. The van der Waals surface area contributed by atoms with Crippen LogP contribution in [-0.2, 0) is 18.0 Å². The number of carbonyl (C=O) groups excluding carboxylic acids is 1. The van der Waals surface area contributed by atoms with Crippen LogP contribution in [0.15, 0.2) is 72.8 Å². The number of carbonyl (C=O) groups is 1. The van der Waals surface area contributed by atoms with Crippen LogP contribution < -0.4 is 9.47 Å². The van der Waals surface area contributed by atoms with E-state index in [2.05, 4.69) is 0 Å². The van der Waals surface area contributed by atoms with Crippen LogP contribution in [0.25, 0.3) is 0 Å². The Morgan fingerprint density at radius 3 is 1.55 bits per heavy atom. The summed E-state index contributed by atoms with van der Waals surface area (Å²) in [4.78, 5) is 12.0. The van der Waals surface area contributed by atoms with Crippen LogP contribution in [-0.4, -0.2) is 13.1 Å². The molecule has 3 aromatic rings. The topological polar surface area (TPSA) is 44.8 Å². The van der Waals surface area contributed by atoms with Crippen molar-refractivity contribution in [1.29, 1.82) is 0 Å². The molecule has 0 aromatic heterocycles. The van der Waals surface area contributed by atoms with Gasteiger partial charge in [0.05, 0.1) is 12.7 Å². The van der Waals surface area contributed by atoms with Crippen molar-refractivity contribution in [2.24, 2.45) is 0 Å². The fraction of sp³-hybridized carbons (Fsp3) is 0.240. The van der Waals surface area contributed by atoms with Gasteiger partial charge in [0.2, 0.25) is 0 Å². The summed E-state index contributed by atoms with van der Waals surface area (Å²) >= 11 is 0. The Morgan fingerprint density at radius 1 is 0.759 bits per heavy atom. The van der Waals surface area contributed by atoms with Crippen LogP contribution in [0.1, 0.15) is 40.9 Å². The smallest absolute Gasteiger partial charge is 0.338 e. The van der Waals surface area contributed by atoms with Gasteiger partial charge >= 0.3 is 5.97 Å². The fourth-order valence-corrected chi connectivity index (χ4v) is 2.67. The van der Waals surface area contributed by atoms with Crippen LogP contribution >= 0.6 is 0 Å². The molecule has 4 nitrogen and oxygen atoms in total. The van der Waals surface area contributed by atoms with E-state index in [4.69, 9.17) is 14.2 Å². The molecule has 0 amide bonds. The van der Waals surface area contributed by atoms with Gasteiger partial charge in [0.15, 0.2) is 0 Å². The SMILES string of the molecule is CC.COC(=O)c1cc(OCc2ccccc2)c(C)c(OCc2ccccc2)c1. The molecule has 0 atom stereocenters. The quantitative estimate of drug-likeness (QED) is 0.465. The minimum Gasteiger partial charge on any atom is -0.488 e. The van der Waals surface area contributed by atoms with E-state index in [0.29, 0.717) is 30.3 Å². The van der Waals surface area contributed by atoms with Gasteiger partial charge in [-0.1, -0.05) is 74.5 Å². The molecule has 0 saturated carbocycles. The van der Waals surface area contributed by atoms with Crippen LogP contribution in [0, 0.1) is 6.92 Å². The van der Waals surface area contributed by atoms with Gasteiger partial charge < -0.3 is 14.2 Å². The molecule has 3 rings (SSSR count). The number of hydrogen-bond donors (Lipinski definition) is 0. The summed E-state index contributed by atoms with van der Waals surface area (Å²) in [6.45, 7) is 6.73. The third-order valence-corrected chi connectivity index (χ3v) is 4.21. The monoisotopic (exact) mass is 392 g/mol. The third-order valence-electron chi connectivity index (χ3n) is 4.21. The van der Waals surface area contributed by atoms with Crippen molar-refractivity contribution in [1.82, 2.24) is 0 Å². The predicted octanol–water partition coefficient (Wildman–Crippen LogP) is 5.97. The summed E-state index contributed by atoms with van der Waals surface area (Å²) in [6, 6.07) is 23.1. The lowest BCUT2D eigenvalue weighted by atomic mass is 10.1. The zero-order valence-electron chi connectivity index (χ0n) is 17.5. The highest BCUT2D eigenvalue weighted by Crippen LogP contribution is 2.31. The van der Waals surface area contributed by atoms with Crippen molar-refractivity contribution in [3.63, 3.8) is 0 Å². The molecule has 0 N–H and O–H groups in total.